The summed E-state index contributed by atoms with van der Waals surface area (Å²) in [4.78, 5) is 30.1. The summed E-state index contributed by atoms with van der Waals surface area (Å²) in [6.07, 6.45) is 0. The Morgan fingerprint density at radius 1 is 1.03 bits per heavy atom. The molecule has 7 heteroatoms. The van der Waals surface area contributed by atoms with Crippen molar-refractivity contribution in [3.63, 3.8) is 0 Å². The number of amides is 1. The number of hydrogen-bond acceptors (Lipinski definition) is 6. The Morgan fingerprint density at radius 2 is 1.70 bits per heavy atom. The van der Waals surface area contributed by atoms with Gasteiger partial charge in [-0.1, -0.05) is 43.7 Å². The van der Waals surface area contributed by atoms with E-state index >= 15 is 0 Å². The summed E-state index contributed by atoms with van der Waals surface area (Å²) in [5.41, 5.74) is 2.19. The molecule has 3 rings (SSSR count). The van der Waals surface area contributed by atoms with E-state index in [2.05, 4.69) is 18.7 Å². The fourth-order valence-corrected chi connectivity index (χ4v) is 4.13. The number of carbonyl (C=O) groups is 2. The highest BCUT2D eigenvalue weighted by Gasteiger charge is 2.47. The van der Waals surface area contributed by atoms with Crippen molar-refractivity contribution in [3.05, 3.63) is 64.7 Å². The SMILES string of the molecule is CCN(CC)CCN1C(=O)C(=O)C(=C(O)c2ccc(C)cc2)[C@H]1c1ccc(OC)cc1OC. The first-order valence-electron chi connectivity index (χ1n) is 11.2. The van der Waals surface area contributed by atoms with Crippen molar-refractivity contribution in [2.45, 2.75) is 26.8 Å². The van der Waals surface area contributed by atoms with Gasteiger partial charge < -0.3 is 24.4 Å². The van der Waals surface area contributed by atoms with Crippen molar-refractivity contribution < 1.29 is 24.2 Å². The smallest absolute Gasteiger partial charge is 0.295 e. The lowest BCUT2D eigenvalue weighted by molar-refractivity contribution is -0.140. The van der Waals surface area contributed by atoms with E-state index in [4.69, 9.17) is 9.47 Å². The van der Waals surface area contributed by atoms with Gasteiger partial charge in [-0.2, -0.15) is 0 Å². The summed E-state index contributed by atoms with van der Waals surface area (Å²) in [5, 5.41) is 11.2. The van der Waals surface area contributed by atoms with Crippen molar-refractivity contribution in [1.82, 2.24) is 9.80 Å². The molecule has 33 heavy (non-hydrogen) atoms. The molecule has 1 heterocycles. The number of aliphatic hydroxyl groups is 1. The van der Waals surface area contributed by atoms with Gasteiger partial charge in [0.05, 0.1) is 25.8 Å². The molecule has 0 radical (unpaired) electrons. The van der Waals surface area contributed by atoms with E-state index < -0.39 is 17.7 Å². The molecule has 0 unspecified atom stereocenters. The van der Waals surface area contributed by atoms with Crippen molar-refractivity contribution in [2.24, 2.45) is 0 Å². The second kappa shape index (κ2) is 10.5. The maximum atomic E-state index is 13.2. The number of hydrogen-bond donors (Lipinski definition) is 1. The predicted octanol–water partition coefficient (Wildman–Crippen LogP) is 3.78. The first kappa shape index (κ1) is 24.3. The largest absolute Gasteiger partial charge is 0.507 e. The average Bonchev–Trinajstić information content (AvgIpc) is 3.09. The summed E-state index contributed by atoms with van der Waals surface area (Å²) >= 11 is 0. The van der Waals surface area contributed by atoms with Gasteiger partial charge in [0.15, 0.2) is 0 Å². The molecule has 0 aliphatic carbocycles. The maximum Gasteiger partial charge on any atom is 0.295 e. The summed E-state index contributed by atoms with van der Waals surface area (Å²) in [7, 11) is 3.09. The van der Waals surface area contributed by atoms with Crippen LogP contribution in [0, 0.1) is 6.92 Å². The molecule has 1 aliphatic rings. The lowest BCUT2D eigenvalue weighted by Gasteiger charge is -2.29. The quantitative estimate of drug-likeness (QED) is 0.354. The number of carbonyl (C=O) groups excluding carboxylic acids is 2. The van der Waals surface area contributed by atoms with E-state index in [1.807, 2.05) is 19.1 Å². The van der Waals surface area contributed by atoms with Gasteiger partial charge >= 0.3 is 0 Å². The number of nitrogens with zero attached hydrogens (tertiary/aromatic N) is 2. The van der Waals surface area contributed by atoms with Crippen molar-refractivity contribution in [2.75, 3.05) is 40.4 Å². The fraction of sp³-hybridized carbons (Fsp3) is 0.385. The van der Waals surface area contributed by atoms with Crippen molar-refractivity contribution >= 4 is 17.4 Å². The van der Waals surface area contributed by atoms with Gasteiger partial charge in [-0.25, -0.2) is 0 Å². The molecule has 0 bridgehead atoms. The first-order chi connectivity index (χ1) is 15.9. The van der Waals surface area contributed by atoms with E-state index in [1.165, 1.54) is 12.0 Å². The van der Waals surface area contributed by atoms with E-state index in [1.54, 1.807) is 37.4 Å². The lowest BCUT2D eigenvalue weighted by Crippen LogP contribution is -2.38. The molecule has 176 valence electrons. The predicted molar refractivity (Wildman–Crippen MR) is 128 cm³/mol. The number of ether oxygens (including phenoxy) is 2. The minimum Gasteiger partial charge on any atom is -0.507 e. The normalized spacial score (nSPS) is 17.6. The number of rotatable bonds is 9. The fourth-order valence-electron chi connectivity index (χ4n) is 4.13. The Morgan fingerprint density at radius 3 is 2.27 bits per heavy atom. The van der Waals surface area contributed by atoms with Crippen LogP contribution in [0.5, 0.6) is 11.5 Å². The van der Waals surface area contributed by atoms with Gasteiger partial charge in [0.25, 0.3) is 11.7 Å². The van der Waals surface area contributed by atoms with Crippen LogP contribution >= 0.6 is 0 Å². The van der Waals surface area contributed by atoms with E-state index in [-0.39, 0.29) is 11.3 Å². The van der Waals surface area contributed by atoms with Gasteiger partial charge in [-0.3, -0.25) is 9.59 Å². The monoisotopic (exact) mass is 452 g/mol. The van der Waals surface area contributed by atoms with Crippen LogP contribution in [0.4, 0.5) is 0 Å². The third-order valence-electron chi connectivity index (χ3n) is 6.15. The highest BCUT2D eigenvalue weighted by Crippen LogP contribution is 2.43. The molecule has 1 saturated heterocycles. The first-order valence-corrected chi connectivity index (χ1v) is 11.2. The zero-order valence-electron chi connectivity index (χ0n) is 19.9. The van der Waals surface area contributed by atoms with Crippen molar-refractivity contribution in [1.29, 1.82) is 0 Å². The van der Waals surface area contributed by atoms with Gasteiger partial charge in [-0.05, 0) is 32.1 Å². The number of aliphatic hydroxyl groups excluding tert-OH is 1. The maximum absolute atomic E-state index is 13.2. The summed E-state index contributed by atoms with van der Waals surface area (Å²) in [5.74, 6) is -0.450. The third kappa shape index (κ3) is 4.88. The van der Waals surface area contributed by atoms with Crippen LogP contribution in [0.2, 0.25) is 0 Å². The number of ketones is 1. The number of likely N-dealkylation sites (N-methyl/N-ethyl adjacent to an activating group) is 1. The van der Waals surface area contributed by atoms with Crippen LogP contribution in [-0.2, 0) is 9.59 Å². The molecular weight excluding hydrogens is 420 g/mol. The standard InChI is InChI=1S/C26H32N2O5/c1-6-27(7-2)14-15-28-23(20-13-12-19(32-4)16-21(20)33-5)22(25(30)26(28)31)24(29)18-10-8-17(3)9-11-18/h8-13,16,23,29H,6-7,14-15H2,1-5H3/t23-/m1/s1. The number of Topliss-reactive ketones (excluding diaryl/α,β-unsaturated/α-hetero) is 1. The Bertz CT molecular complexity index is 1040. The summed E-state index contributed by atoms with van der Waals surface area (Å²) < 4.78 is 10.9. The molecule has 2 aromatic carbocycles. The number of likely N-dealkylation sites (tertiary alicyclic amines) is 1. The van der Waals surface area contributed by atoms with Gasteiger partial charge in [0, 0.05) is 30.3 Å². The minimum atomic E-state index is -0.775. The molecular formula is C26H32N2O5. The second-order valence-corrected chi connectivity index (χ2v) is 7.99. The Balaban J connectivity index is 2.17. The van der Waals surface area contributed by atoms with Crippen molar-refractivity contribution in [3.8, 4) is 11.5 Å². The van der Waals surface area contributed by atoms with Gasteiger partial charge in [-0.15, -0.1) is 0 Å². The van der Waals surface area contributed by atoms with Crippen LogP contribution in [0.15, 0.2) is 48.0 Å². The topological polar surface area (TPSA) is 79.3 Å². The average molecular weight is 453 g/mol. The molecule has 1 aliphatic heterocycles. The van der Waals surface area contributed by atoms with Crippen LogP contribution in [-0.4, -0.2) is 67.0 Å². The molecule has 1 atom stereocenters. The molecule has 0 saturated carbocycles. The van der Waals surface area contributed by atoms with Crippen LogP contribution in [0.1, 0.15) is 36.6 Å². The van der Waals surface area contributed by atoms with E-state index in [9.17, 15) is 14.7 Å². The zero-order chi connectivity index (χ0) is 24.1. The Hall–Kier alpha value is -3.32. The molecule has 0 aromatic heterocycles. The Labute approximate surface area is 195 Å². The molecule has 0 spiro atoms. The highest BCUT2D eigenvalue weighted by molar-refractivity contribution is 6.46. The summed E-state index contributed by atoms with van der Waals surface area (Å²) in [6.45, 7) is 8.67. The van der Waals surface area contributed by atoms with E-state index in [0.29, 0.717) is 35.7 Å². The number of benzene rings is 2. The number of aryl methyl sites for hydroxylation is 1. The van der Waals surface area contributed by atoms with Crippen LogP contribution in [0.3, 0.4) is 0 Å². The lowest BCUT2D eigenvalue weighted by atomic mass is 9.94. The van der Waals surface area contributed by atoms with Gasteiger partial charge in [0.1, 0.15) is 17.3 Å². The van der Waals surface area contributed by atoms with Crippen LogP contribution < -0.4 is 9.47 Å². The van der Waals surface area contributed by atoms with Gasteiger partial charge in [0.2, 0.25) is 0 Å². The minimum absolute atomic E-state index is 0.0619. The molecule has 1 amide bonds. The molecule has 1 fully saturated rings. The number of methoxy groups -OCH3 is 2. The molecule has 1 N–H and O–H groups in total. The highest BCUT2D eigenvalue weighted by atomic mass is 16.5. The molecule has 2 aromatic rings. The Kier molecular flexibility index (Phi) is 7.76. The van der Waals surface area contributed by atoms with E-state index in [0.717, 1.165) is 18.7 Å². The zero-order valence-corrected chi connectivity index (χ0v) is 19.9. The second-order valence-electron chi connectivity index (χ2n) is 7.99. The third-order valence-corrected chi connectivity index (χ3v) is 6.15. The summed E-state index contributed by atoms with van der Waals surface area (Å²) in [6, 6.07) is 11.7. The van der Waals surface area contributed by atoms with Crippen LogP contribution in [0.25, 0.3) is 5.76 Å². The molecule has 7 nitrogen and oxygen atoms in total.